The molecule has 3 saturated heterocycles. The lowest BCUT2D eigenvalue weighted by molar-refractivity contribution is -0.161. The molecule has 5 rings (SSSR count). The Hall–Kier alpha value is -5.19. The maximum Gasteiger partial charge on any atom is 0.350 e. The number of fused-ring (bicyclic) bond motifs is 1. The summed E-state index contributed by atoms with van der Waals surface area (Å²) < 4.78 is 0. The number of nitrogens with one attached hydrogen (secondary N) is 1. The number of thioether (sulfide) groups is 1. The third-order valence-electron chi connectivity index (χ3n) is 8.24. The van der Waals surface area contributed by atoms with E-state index in [4.69, 9.17) is 27.9 Å². The number of ketones is 1. The van der Waals surface area contributed by atoms with E-state index in [2.05, 4.69) is 20.6 Å². The minimum absolute atomic E-state index is 0.00577. The highest BCUT2D eigenvalue weighted by Crippen LogP contribution is 2.53. The molecule has 1 unspecified atom stereocenters. The summed E-state index contributed by atoms with van der Waals surface area (Å²) in [6.07, 6.45) is -0.484. The molecular formula is C29H32ClN9O11S2. The van der Waals surface area contributed by atoms with E-state index >= 15 is 0 Å². The molecule has 52 heavy (non-hydrogen) atoms. The highest BCUT2D eigenvalue weighted by atomic mass is 35.5. The molecule has 23 heteroatoms. The Morgan fingerprint density at radius 2 is 1.88 bits per heavy atom. The molecule has 1 aromatic heterocycles. The Balaban J connectivity index is 1.39. The molecular weight excluding hydrogens is 750 g/mol. The number of hydrogen-bond donors (Lipinski definition) is 7. The molecule has 20 nitrogen and oxygen atoms in total. The zero-order valence-corrected chi connectivity index (χ0v) is 29.7. The normalized spacial score (nSPS) is 22.0. The molecule has 278 valence electrons. The zero-order chi connectivity index (χ0) is 38.3. The maximum absolute atomic E-state index is 13.8. The van der Waals surface area contributed by atoms with Gasteiger partial charge in [-0.2, -0.15) is 5.10 Å². The second kappa shape index (κ2) is 14.4. The summed E-state index contributed by atoms with van der Waals surface area (Å²) in [5.74, 6) is -7.36. The van der Waals surface area contributed by atoms with Crippen LogP contribution in [0.1, 0.15) is 31.5 Å². The first-order chi connectivity index (χ1) is 24.4. The number of benzene rings is 1. The lowest BCUT2D eigenvalue weighted by atomic mass is 9.90. The zero-order valence-electron chi connectivity index (χ0n) is 27.3. The summed E-state index contributed by atoms with van der Waals surface area (Å²) >= 11 is 7.95. The van der Waals surface area contributed by atoms with Crippen LogP contribution in [0.15, 0.2) is 27.8 Å². The second-order valence-electron chi connectivity index (χ2n) is 12.1. The van der Waals surface area contributed by atoms with Gasteiger partial charge in [-0.15, -0.1) is 11.3 Å². The number of carbonyl (C=O) groups excluding carboxylic acids is 4. The summed E-state index contributed by atoms with van der Waals surface area (Å²) in [6, 6.07) is 1.32. The molecule has 0 spiro atoms. The van der Waals surface area contributed by atoms with Crippen LogP contribution in [0.3, 0.4) is 0 Å². The topological polar surface area (TPSA) is 304 Å². The van der Waals surface area contributed by atoms with Gasteiger partial charge in [0.1, 0.15) is 5.69 Å². The Morgan fingerprint density at radius 1 is 1.17 bits per heavy atom. The number of nitrogens with zero attached hydrogens (tertiary/aromatic N) is 6. The fraction of sp³-hybridized carbons (Fsp3) is 0.414. The van der Waals surface area contributed by atoms with Gasteiger partial charge in [-0.1, -0.05) is 28.5 Å². The number of nitrogen functional groups attached to an aromatic ring is 1. The van der Waals surface area contributed by atoms with E-state index in [1.807, 2.05) is 0 Å². The molecule has 4 heterocycles. The van der Waals surface area contributed by atoms with E-state index in [0.29, 0.717) is 0 Å². The van der Waals surface area contributed by atoms with Crippen molar-refractivity contribution in [3.05, 3.63) is 33.8 Å². The molecule has 3 aliphatic heterocycles. The Labute approximate surface area is 307 Å². The number of rotatable bonds is 14. The number of halogens is 1. The van der Waals surface area contributed by atoms with Crippen LogP contribution in [-0.2, 0) is 28.8 Å². The molecule has 2 aromatic rings. The summed E-state index contributed by atoms with van der Waals surface area (Å²) in [4.78, 5) is 87.5. The van der Waals surface area contributed by atoms with Crippen molar-refractivity contribution in [1.82, 2.24) is 25.1 Å². The van der Waals surface area contributed by atoms with Gasteiger partial charge in [-0.05, 0) is 26.0 Å². The van der Waals surface area contributed by atoms with Crippen molar-refractivity contribution in [2.45, 2.75) is 36.1 Å². The number of aromatic nitrogens is 1. The number of hydrogen-bond acceptors (Lipinski definition) is 16. The summed E-state index contributed by atoms with van der Waals surface area (Å²) in [6.45, 7) is 1.63. The third-order valence-corrected chi connectivity index (χ3v) is 11.0. The van der Waals surface area contributed by atoms with Gasteiger partial charge in [0, 0.05) is 37.0 Å². The number of anilines is 1. The standard InChI is InChI=1S/C29H32ClN9O11S2/c1-28(2,24(45)46)50-36-19(14-10-51-26(32)34-14)16(41)9-13-22(44)37-11-29(25(47)48,52-23(13)37)38-7-8-39(27(38)49)35-18(21(43)33-6-5-31)12-3-4-15(40)20(42)17(12)30/h3-4,10,13,23,40,42H,5-9,11,31H2,1-2H3,(H2,32,34)(H,33,43)(H,45,46)(H,47,48)/b35-18-,36-19-/t13?,23-,29-/m1/s1. The van der Waals surface area contributed by atoms with Gasteiger partial charge in [0.05, 0.1) is 29.4 Å². The van der Waals surface area contributed by atoms with E-state index in [-0.39, 0.29) is 42.6 Å². The smallest absolute Gasteiger partial charge is 0.350 e. The highest BCUT2D eigenvalue weighted by molar-refractivity contribution is 8.02. The molecule has 3 fully saturated rings. The summed E-state index contributed by atoms with van der Waals surface area (Å²) in [5.41, 5.74) is 8.38. The number of β-lactam (4-membered cyclic amide) rings is 1. The minimum Gasteiger partial charge on any atom is -0.504 e. The van der Waals surface area contributed by atoms with Crippen LogP contribution in [0, 0.1) is 5.92 Å². The Kier molecular flexibility index (Phi) is 10.6. The fourth-order valence-corrected chi connectivity index (χ4v) is 7.87. The number of Topliss-reactive ketones (excluding diaryl/α,β-unsaturated/α-hetero) is 1. The van der Waals surface area contributed by atoms with E-state index in [9.17, 15) is 49.2 Å². The Bertz CT molecular complexity index is 1920. The molecule has 0 aliphatic carbocycles. The maximum atomic E-state index is 13.8. The number of urea groups is 1. The van der Waals surface area contributed by atoms with Crippen molar-refractivity contribution in [2.24, 2.45) is 21.9 Å². The number of amides is 4. The highest BCUT2D eigenvalue weighted by Gasteiger charge is 2.66. The van der Waals surface area contributed by atoms with Crippen LogP contribution in [-0.4, -0.2) is 136 Å². The van der Waals surface area contributed by atoms with Crippen molar-refractivity contribution >= 4 is 86.8 Å². The van der Waals surface area contributed by atoms with Crippen molar-refractivity contribution < 1.29 is 54.0 Å². The van der Waals surface area contributed by atoms with Crippen LogP contribution in [0.4, 0.5) is 9.93 Å². The first-order valence-corrected chi connectivity index (χ1v) is 17.4. The van der Waals surface area contributed by atoms with Gasteiger partial charge in [0.25, 0.3) is 5.91 Å². The van der Waals surface area contributed by atoms with Crippen LogP contribution in [0.2, 0.25) is 5.02 Å². The molecule has 0 bridgehead atoms. The van der Waals surface area contributed by atoms with E-state index < -0.39 is 98.2 Å². The van der Waals surface area contributed by atoms with Crippen LogP contribution in [0.5, 0.6) is 11.5 Å². The molecule has 1 aromatic carbocycles. The molecule has 0 saturated carbocycles. The number of oxime groups is 1. The minimum atomic E-state index is -2.02. The predicted octanol–water partition coefficient (Wildman–Crippen LogP) is -0.138. The SMILES string of the molecule is CC(C)(O/N=C(\C(=O)CC1C(=O)N2C[C@@](C(=O)O)(N3CCN(/N=C(\C(=O)NCCN)c4ccc(O)c(O)c4Cl)C3=O)S[C@H]12)c1csc(N)n1)C(=O)O. The van der Waals surface area contributed by atoms with Crippen molar-refractivity contribution in [3.8, 4) is 11.5 Å². The van der Waals surface area contributed by atoms with E-state index in [0.717, 1.165) is 39.1 Å². The average Bonchev–Trinajstić information content (AvgIpc) is 3.80. The number of aliphatic carboxylic acids is 2. The molecule has 3 atom stereocenters. The monoisotopic (exact) mass is 781 g/mol. The number of carbonyl (C=O) groups is 6. The van der Waals surface area contributed by atoms with Crippen molar-refractivity contribution in [3.63, 3.8) is 0 Å². The van der Waals surface area contributed by atoms with Crippen LogP contribution >= 0.6 is 34.7 Å². The first-order valence-electron chi connectivity index (χ1n) is 15.3. The van der Waals surface area contributed by atoms with Gasteiger partial charge < -0.3 is 46.9 Å². The fourth-order valence-electron chi connectivity index (χ4n) is 5.38. The van der Waals surface area contributed by atoms with Gasteiger partial charge >= 0.3 is 18.0 Å². The number of aromatic hydroxyl groups is 2. The lowest BCUT2D eigenvalue weighted by Crippen LogP contribution is -2.59. The predicted molar refractivity (Wildman–Crippen MR) is 185 cm³/mol. The number of phenolic OH excluding ortho intramolecular Hbond substituents is 2. The quantitative estimate of drug-likeness (QED) is 0.0568. The van der Waals surface area contributed by atoms with Gasteiger partial charge in [-0.3, -0.25) is 19.3 Å². The largest absolute Gasteiger partial charge is 0.504 e. The summed E-state index contributed by atoms with van der Waals surface area (Å²) in [7, 11) is 0. The number of carboxylic acids is 2. The van der Waals surface area contributed by atoms with E-state index in [1.54, 1.807) is 0 Å². The first kappa shape index (κ1) is 38.1. The number of hydrazone groups is 1. The number of carboxylic acid groups (broad SMARTS) is 2. The Morgan fingerprint density at radius 3 is 2.50 bits per heavy atom. The van der Waals surface area contributed by atoms with Crippen LogP contribution in [0.25, 0.3) is 0 Å². The lowest BCUT2D eigenvalue weighted by Gasteiger charge is -2.40. The van der Waals surface area contributed by atoms with Gasteiger partial charge in [-0.25, -0.2) is 24.4 Å². The van der Waals surface area contributed by atoms with Gasteiger partial charge in [0.15, 0.2) is 33.8 Å². The molecule has 4 amide bonds. The number of nitrogens with two attached hydrogens (primary N) is 2. The molecule has 3 aliphatic rings. The average molecular weight is 782 g/mol. The summed E-state index contributed by atoms with van der Waals surface area (Å²) in [5, 5.41) is 51.3. The molecule has 9 N–H and O–H groups in total. The molecule has 0 radical (unpaired) electrons. The number of phenols is 2. The van der Waals surface area contributed by atoms with Gasteiger partial charge in [0.2, 0.25) is 16.4 Å². The third kappa shape index (κ3) is 6.88. The number of thiazole rings is 1. The second-order valence-corrected chi connectivity index (χ2v) is 14.7. The van der Waals surface area contributed by atoms with Crippen LogP contribution < -0.4 is 16.8 Å². The van der Waals surface area contributed by atoms with Crippen molar-refractivity contribution in [1.29, 1.82) is 0 Å². The van der Waals surface area contributed by atoms with E-state index in [1.165, 1.54) is 30.2 Å². The van der Waals surface area contributed by atoms with Crippen molar-refractivity contribution in [2.75, 3.05) is 38.5 Å².